The van der Waals surface area contributed by atoms with Crippen molar-refractivity contribution in [3.8, 4) is 0 Å². The third kappa shape index (κ3) is 47.7. The van der Waals surface area contributed by atoms with Gasteiger partial charge in [0, 0.05) is 0 Å². The van der Waals surface area contributed by atoms with Crippen molar-refractivity contribution in [3.63, 3.8) is 0 Å². The van der Waals surface area contributed by atoms with Gasteiger partial charge in [-0.05, 0) is 23.7 Å². The van der Waals surface area contributed by atoms with Gasteiger partial charge in [0.25, 0.3) is 0 Å². The molecule has 4 unspecified atom stereocenters. The van der Waals surface area contributed by atoms with E-state index >= 15 is 0 Å². The molecule has 0 spiro atoms. The monoisotopic (exact) mass is 524 g/mol. The van der Waals surface area contributed by atoms with E-state index in [2.05, 4.69) is 55.4 Å². The van der Waals surface area contributed by atoms with Crippen molar-refractivity contribution in [2.45, 2.75) is 107 Å². The van der Waals surface area contributed by atoms with Gasteiger partial charge < -0.3 is 20.4 Å². The second-order valence-corrected chi connectivity index (χ2v) is 8.02. The van der Waals surface area contributed by atoms with Crippen LogP contribution in [0.5, 0.6) is 0 Å². The fraction of sp³-hybridized carbons (Fsp3) is 1.00. The van der Waals surface area contributed by atoms with Crippen LogP contribution >= 0.6 is 0 Å². The van der Waals surface area contributed by atoms with Crippen molar-refractivity contribution in [2.24, 2.45) is 23.7 Å². The Hall–Kier alpha value is 0.639. The summed E-state index contributed by atoms with van der Waals surface area (Å²) in [4.78, 5) is 0. The Morgan fingerprint density at radius 1 is 0.414 bits per heavy atom. The summed E-state index contributed by atoms with van der Waals surface area (Å²) in [6.45, 7) is 17.3. The van der Waals surface area contributed by atoms with Gasteiger partial charge in [-0.25, -0.2) is 0 Å². The number of hydrogen-bond acceptors (Lipinski definition) is 4. The second-order valence-electron chi connectivity index (χ2n) is 8.02. The van der Waals surface area contributed by atoms with E-state index in [-0.39, 0.29) is 50.3 Å². The first-order valence-corrected chi connectivity index (χ1v) is 11.6. The van der Waals surface area contributed by atoms with Gasteiger partial charge >= 0.3 is 23.9 Å². The van der Waals surface area contributed by atoms with E-state index in [1.54, 1.807) is 0 Å². The standard InChI is InChI=1S/4C6H13O.Sn/c4*1-3-6(2)4-5-7;/h4*6H,3-5H2,1-2H3;/q4*-1;+4. The van der Waals surface area contributed by atoms with Crippen molar-refractivity contribution >= 4 is 23.9 Å². The first-order chi connectivity index (χ1) is 13.2. The van der Waals surface area contributed by atoms with Crippen LogP contribution in [0.2, 0.25) is 0 Å². The third-order valence-corrected chi connectivity index (χ3v) is 5.23. The molecule has 0 amide bonds. The van der Waals surface area contributed by atoms with E-state index in [1.165, 1.54) is 0 Å². The van der Waals surface area contributed by atoms with Gasteiger partial charge in [0.15, 0.2) is 0 Å². The third-order valence-electron chi connectivity index (χ3n) is 5.23. The molecule has 0 radical (unpaired) electrons. The molecule has 0 N–H and O–H groups in total. The summed E-state index contributed by atoms with van der Waals surface area (Å²) in [6.07, 6.45) is 7.94. The van der Waals surface area contributed by atoms with Crippen LogP contribution in [0.1, 0.15) is 107 Å². The van der Waals surface area contributed by atoms with Gasteiger partial charge in [-0.2, -0.15) is 0 Å². The van der Waals surface area contributed by atoms with E-state index in [1.807, 2.05) is 0 Å². The summed E-state index contributed by atoms with van der Waals surface area (Å²) in [5, 5.41) is 39.6. The van der Waals surface area contributed by atoms with Crippen LogP contribution in [0.25, 0.3) is 0 Å². The van der Waals surface area contributed by atoms with Gasteiger partial charge in [0.05, 0.1) is 0 Å². The van der Waals surface area contributed by atoms with Crippen molar-refractivity contribution in [3.05, 3.63) is 0 Å². The Morgan fingerprint density at radius 3 is 0.586 bits per heavy atom. The molecule has 0 aromatic carbocycles. The van der Waals surface area contributed by atoms with E-state index in [4.69, 9.17) is 0 Å². The fourth-order valence-corrected chi connectivity index (χ4v) is 1.62. The quantitative estimate of drug-likeness (QED) is 0.368. The molecule has 176 valence electrons. The van der Waals surface area contributed by atoms with Crippen molar-refractivity contribution in [1.82, 2.24) is 0 Å². The Balaban J connectivity index is -0.0000000873. The zero-order valence-electron chi connectivity index (χ0n) is 20.9. The van der Waals surface area contributed by atoms with Gasteiger partial charge in [0.2, 0.25) is 0 Å². The van der Waals surface area contributed by atoms with E-state index in [0.29, 0.717) is 23.7 Å². The number of rotatable bonds is 12. The van der Waals surface area contributed by atoms with Crippen LogP contribution in [0.4, 0.5) is 0 Å². The maximum absolute atomic E-state index is 9.90. The largest absolute Gasteiger partial charge is 4.00 e. The molecule has 0 aromatic rings. The molecule has 0 rings (SSSR count). The van der Waals surface area contributed by atoms with E-state index in [0.717, 1.165) is 51.4 Å². The predicted octanol–water partition coefficient (Wildman–Crippen LogP) is 2.75. The van der Waals surface area contributed by atoms with Gasteiger partial charge in [-0.3, -0.25) is 0 Å². The van der Waals surface area contributed by atoms with Crippen LogP contribution < -0.4 is 20.4 Å². The first kappa shape index (κ1) is 40.0. The minimum atomic E-state index is 0. The first-order valence-electron chi connectivity index (χ1n) is 11.6. The number of hydrogen-bond donors (Lipinski definition) is 0. The van der Waals surface area contributed by atoms with Crippen LogP contribution in [0.3, 0.4) is 0 Å². The molecular formula is C24H52O4Sn. The van der Waals surface area contributed by atoms with E-state index < -0.39 is 0 Å². The molecule has 0 heterocycles. The fourth-order valence-electron chi connectivity index (χ4n) is 1.62. The Morgan fingerprint density at radius 2 is 0.552 bits per heavy atom. The molecule has 0 aromatic heterocycles. The summed E-state index contributed by atoms with van der Waals surface area (Å²) < 4.78 is 0. The molecule has 4 nitrogen and oxygen atoms in total. The summed E-state index contributed by atoms with van der Waals surface area (Å²) in [6, 6.07) is 0. The molecular weight excluding hydrogens is 471 g/mol. The molecule has 29 heavy (non-hydrogen) atoms. The molecule has 5 heteroatoms. The second kappa shape index (κ2) is 36.0. The Kier molecular flexibility index (Phi) is 49.8. The molecule has 0 aliphatic heterocycles. The van der Waals surface area contributed by atoms with Crippen LogP contribution in [-0.2, 0) is 0 Å². The summed E-state index contributed by atoms with van der Waals surface area (Å²) in [7, 11) is 0. The van der Waals surface area contributed by atoms with Gasteiger partial charge in [0.1, 0.15) is 0 Å². The minimum absolute atomic E-state index is 0. The van der Waals surface area contributed by atoms with E-state index in [9.17, 15) is 20.4 Å². The molecule has 0 aliphatic rings. The molecule has 0 bridgehead atoms. The van der Waals surface area contributed by atoms with Crippen LogP contribution in [0, 0.1) is 23.7 Å². The average Bonchev–Trinajstić information content (AvgIpc) is 2.70. The topological polar surface area (TPSA) is 92.2 Å². The normalized spacial score (nSPS) is 13.7. The maximum atomic E-state index is 9.90. The van der Waals surface area contributed by atoms with Crippen molar-refractivity contribution in [2.75, 3.05) is 26.4 Å². The average molecular weight is 523 g/mol. The molecule has 4 atom stereocenters. The maximum Gasteiger partial charge on any atom is 4.00 e. The molecule has 0 aliphatic carbocycles. The zero-order chi connectivity index (χ0) is 22.8. The van der Waals surface area contributed by atoms with Gasteiger partial charge in [-0.15, -0.1) is 26.4 Å². The van der Waals surface area contributed by atoms with Crippen LogP contribution in [0.15, 0.2) is 0 Å². The SMILES string of the molecule is CCC(C)CC[O-].CCC(C)CC[O-].CCC(C)CC[O-].CCC(C)CC[O-].[Sn+4]. The minimum Gasteiger partial charge on any atom is -0.854 e. The zero-order valence-corrected chi connectivity index (χ0v) is 23.8. The summed E-state index contributed by atoms with van der Waals surface area (Å²) in [5.74, 6) is 2.55. The smallest absolute Gasteiger partial charge is 0.854 e. The summed E-state index contributed by atoms with van der Waals surface area (Å²) >= 11 is 0. The summed E-state index contributed by atoms with van der Waals surface area (Å²) in [5.41, 5.74) is 0. The Bertz CT molecular complexity index is 195. The van der Waals surface area contributed by atoms with Crippen molar-refractivity contribution in [1.29, 1.82) is 0 Å². The molecule has 0 saturated carbocycles. The van der Waals surface area contributed by atoms with Crippen molar-refractivity contribution < 1.29 is 20.4 Å². The molecule has 0 saturated heterocycles. The van der Waals surface area contributed by atoms with Gasteiger partial charge in [-0.1, -0.05) is 107 Å². The predicted molar refractivity (Wildman–Crippen MR) is 122 cm³/mol. The Labute approximate surface area is 200 Å². The van der Waals surface area contributed by atoms with Crippen LogP contribution in [-0.4, -0.2) is 50.3 Å². The molecule has 0 fully saturated rings.